The van der Waals surface area contributed by atoms with Crippen molar-refractivity contribution in [2.45, 2.75) is 11.3 Å². The second kappa shape index (κ2) is 6.02. The number of nitrogens with two attached hydrogens (primary N) is 1. The van der Waals surface area contributed by atoms with Crippen LogP contribution in [-0.4, -0.2) is 15.0 Å². The van der Waals surface area contributed by atoms with Crippen LogP contribution in [0, 0.1) is 5.82 Å². The largest absolute Gasteiger partial charge is 0.330 e. The molecule has 0 amide bonds. The van der Waals surface area contributed by atoms with Crippen molar-refractivity contribution < 1.29 is 12.8 Å². The summed E-state index contributed by atoms with van der Waals surface area (Å²) in [6.07, 6.45) is 0.733. The van der Waals surface area contributed by atoms with Crippen molar-refractivity contribution in [3.63, 3.8) is 0 Å². The molecule has 0 aromatic heterocycles. The highest BCUT2D eigenvalue weighted by atomic mass is 32.2. The molecule has 0 spiro atoms. The fourth-order valence-corrected chi connectivity index (χ4v) is 2.84. The zero-order chi connectivity index (χ0) is 14.6. The van der Waals surface area contributed by atoms with Crippen LogP contribution in [0.2, 0.25) is 0 Å². The predicted octanol–water partition coefficient (Wildman–Crippen LogP) is 2.13. The third-order valence-corrected chi connectivity index (χ3v) is 4.12. The van der Waals surface area contributed by atoms with E-state index >= 15 is 0 Å². The molecule has 4 nitrogen and oxygen atoms in total. The van der Waals surface area contributed by atoms with Crippen LogP contribution in [-0.2, 0) is 16.4 Å². The molecule has 0 aliphatic rings. The van der Waals surface area contributed by atoms with E-state index in [2.05, 4.69) is 4.72 Å². The molecule has 0 aliphatic heterocycles. The molecule has 0 fully saturated rings. The zero-order valence-corrected chi connectivity index (χ0v) is 11.5. The Labute approximate surface area is 117 Å². The Hall–Kier alpha value is -1.92. The Kier molecular flexibility index (Phi) is 4.36. The lowest BCUT2D eigenvalue weighted by molar-refractivity contribution is 0.595. The number of benzene rings is 2. The first-order valence-corrected chi connectivity index (χ1v) is 7.57. The lowest BCUT2D eigenvalue weighted by atomic mass is 10.1. The molecular formula is C14H15FN2O2S. The number of halogens is 1. The lowest BCUT2D eigenvalue weighted by Gasteiger charge is -2.08. The smallest absolute Gasteiger partial charge is 0.261 e. The quantitative estimate of drug-likeness (QED) is 0.887. The summed E-state index contributed by atoms with van der Waals surface area (Å²) in [5.41, 5.74) is 6.90. The molecule has 2 aromatic rings. The van der Waals surface area contributed by atoms with E-state index in [4.69, 9.17) is 5.73 Å². The molecule has 6 heteroatoms. The minimum Gasteiger partial charge on any atom is -0.330 e. The highest BCUT2D eigenvalue weighted by Crippen LogP contribution is 2.17. The Bertz CT molecular complexity index is 685. The standard InChI is InChI=1S/C14H15FN2O2S/c15-12-2-1-3-14(10-12)20(18,19)17-13-6-4-11(5-7-13)8-9-16/h1-7,10,17H,8-9,16H2. The molecular weight excluding hydrogens is 279 g/mol. The Morgan fingerprint density at radius 1 is 1.10 bits per heavy atom. The highest BCUT2D eigenvalue weighted by Gasteiger charge is 2.14. The van der Waals surface area contributed by atoms with Crippen LogP contribution in [0.1, 0.15) is 5.56 Å². The molecule has 0 heterocycles. The van der Waals surface area contributed by atoms with E-state index in [1.165, 1.54) is 18.2 Å². The van der Waals surface area contributed by atoms with E-state index in [1.807, 2.05) is 0 Å². The summed E-state index contributed by atoms with van der Waals surface area (Å²) in [7, 11) is -3.78. The van der Waals surface area contributed by atoms with Gasteiger partial charge in [0.25, 0.3) is 10.0 Å². The molecule has 0 atom stereocenters. The van der Waals surface area contributed by atoms with Gasteiger partial charge in [-0.15, -0.1) is 0 Å². The predicted molar refractivity (Wildman–Crippen MR) is 76.4 cm³/mol. The molecule has 0 radical (unpaired) electrons. The van der Waals surface area contributed by atoms with Crippen molar-refractivity contribution in [1.82, 2.24) is 0 Å². The summed E-state index contributed by atoms with van der Waals surface area (Å²) in [5.74, 6) is -0.592. The molecule has 2 aromatic carbocycles. The third kappa shape index (κ3) is 3.55. The summed E-state index contributed by atoms with van der Waals surface area (Å²) in [4.78, 5) is -0.108. The molecule has 20 heavy (non-hydrogen) atoms. The molecule has 2 rings (SSSR count). The fraction of sp³-hybridized carbons (Fsp3) is 0.143. The van der Waals surface area contributed by atoms with E-state index < -0.39 is 15.8 Å². The average Bonchev–Trinajstić information content (AvgIpc) is 2.41. The normalized spacial score (nSPS) is 11.3. The van der Waals surface area contributed by atoms with Crippen molar-refractivity contribution in [3.05, 3.63) is 59.9 Å². The first-order chi connectivity index (χ1) is 9.51. The molecule has 106 valence electrons. The number of hydrogen-bond acceptors (Lipinski definition) is 3. The fourth-order valence-electron chi connectivity index (χ4n) is 1.75. The first-order valence-electron chi connectivity index (χ1n) is 6.09. The van der Waals surface area contributed by atoms with E-state index in [1.54, 1.807) is 24.3 Å². The summed E-state index contributed by atoms with van der Waals surface area (Å²) in [6.45, 7) is 0.536. The van der Waals surface area contributed by atoms with Crippen molar-refractivity contribution in [2.24, 2.45) is 5.73 Å². The first kappa shape index (κ1) is 14.5. The molecule has 0 saturated heterocycles. The number of sulfonamides is 1. The van der Waals surface area contributed by atoms with Crippen LogP contribution >= 0.6 is 0 Å². The van der Waals surface area contributed by atoms with Crippen LogP contribution < -0.4 is 10.5 Å². The SMILES string of the molecule is NCCc1ccc(NS(=O)(=O)c2cccc(F)c2)cc1. The Morgan fingerprint density at radius 2 is 1.80 bits per heavy atom. The van der Waals surface area contributed by atoms with Gasteiger partial charge in [0, 0.05) is 5.69 Å². The van der Waals surface area contributed by atoms with Gasteiger partial charge in [-0.1, -0.05) is 18.2 Å². The maximum absolute atomic E-state index is 13.1. The van der Waals surface area contributed by atoms with Gasteiger partial charge >= 0.3 is 0 Å². The number of nitrogens with one attached hydrogen (secondary N) is 1. The molecule has 3 N–H and O–H groups in total. The van der Waals surface area contributed by atoms with E-state index in [0.29, 0.717) is 12.2 Å². The summed E-state index contributed by atoms with van der Waals surface area (Å²) < 4.78 is 39.6. The van der Waals surface area contributed by atoms with Gasteiger partial charge < -0.3 is 5.73 Å². The van der Waals surface area contributed by atoms with Gasteiger partial charge in [-0.05, 0) is 48.9 Å². The Morgan fingerprint density at radius 3 is 2.40 bits per heavy atom. The summed E-state index contributed by atoms with van der Waals surface area (Å²) in [5, 5.41) is 0. The van der Waals surface area contributed by atoms with Gasteiger partial charge in [-0.25, -0.2) is 12.8 Å². The van der Waals surface area contributed by atoms with Crippen LogP contribution in [0.25, 0.3) is 0 Å². The van der Waals surface area contributed by atoms with E-state index in [-0.39, 0.29) is 4.90 Å². The second-order valence-electron chi connectivity index (χ2n) is 4.30. The van der Waals surface area contributed by atoms with Gasteiger partial charge in [-0.3, -0.25) is 4.72 Å². The van der Waals surface area contributed by atoms with Crippen LogP contribution in [0.3, 0.4) is 0 Å². The Balaban J connectivity index is 2.20. The monoisotopic (exact) mass is 294 g/mol. The van der Waals surface area contributed by atoms with Gasteiger partial charge in [0.2, 0.25) is 0 Å². The van der Waals surface area contributed by atoms with E-state index in [0.717, 1.165) is 18.1 Å². The molecule has 0 bridgehead atoms. The molecule has 0 unspecified atom stereocenters. The molecule has 0 aliphatic carbocycles. The van der Waals surface area contributed by atoms with Gasteiger partial charge in [0.1, 0.15) is 5.82 Å². The average molecular weight is 294 g/mol. The third-order valence-electron chi connectivity index (χ3n) is 2.75. The number of rotatable bonds is 5. The van der Waals surface area contributed by atoms with Crippen molar-refractivity contribution in [3.8, 4) is 0 Å². The lowest BCUT2D eigenvalue weighted by Crippen LogP contribution is -2.13. The summed E-state index contributed by atoms with van der Waals surface area (Å²) in [6, 6.07) is 11.8. The second-order valence-corrected chi connectivity index (χ2v) is 5.98. The van der Waals surface area contributed by atoms with Crippen molar-refractivity contribution in [2.75, 3.05) is 11.3 Å². The minimum absolute atomic E-state index is 0.108. The topological polar surface area (TPSA) is 72.2 Å². The van der Waals surface area contributed by atoms with Crippen LogP contribution in [0.15, 0.2) is 53.4 Å². The van der Waals surface area contributed by atoms with Gasteiger partial charge in [0.05, 0.1) is 4.90 Å². The van der Waals surface area contributed by atoms with Gasteiger partial charge in [0.15, 0.2) is 0 Å². The maximum Gasteiger partial charge on any atom is 0.261 e. The zero-order valence-electron chi connectivity index (χ0n) is 10.7. The minimum atomic E-state index is -3.78. The van der Waals surface area contributed by atoms with Crippen molar-refractivity contribution in [1.29, 1.82) is 0 Å². The molecule has 0 saturated carbocycles. The maximum atomic E-state index is 13.1. The summed E-state index contributed by atoms with van der Waals surface area (Å²) >= 11 is 0. The van der Waals surface area contributed by atoms with Crippen LogP contribution in [0.5, 0.6) is 0 Å². The highest BCUT2D eigenvalue weighted by molar-refractivity contribution is 7.92. The van der Waals surface area contributed by atoms with Gasteiger partial charge in [-0.2, -0.15) is 0 Å². The van der Waals surface area contributed by atoms with Crippen molar-refractivity contribution >= 4 is 15.7 Å². The van der Waals surface area contributed by atoms with Crippen LogP contribution in [0.4, 0.5) is 10.1 Å². The number of anilines is 1. The van der Waals surface area contributed by atoms with E-state index in [9.17, 15) is 12.8 Å². The number of hydrogen-bond donors (Lipinski definition) is 2.